The molecule has 158 valence electrons. The number of carbonyl (C=O) groups excluding carboxylic acids is 2. The summed E-state index contributed by atoms with van der Waals surface area (Å²) in [7, 11) is 0. The normalized spacial score (nSPS) is 30.0. The van der Waals surface area contributed by atoms with Gasteiger partial charge in [-0.05, 0) is 69.9 Å². The van der Waals surface area contributed by atoms with Crippen LogP contribution in [-0.4, -0.2) is 40.8 Å². The van der Waals surface area contributed by atoms with E-state index >= 15 is 0 Å². The average molecular weight is 402 g/mol. The molecule has 0 spiro atoms. The van der Waals surface area contributed by atoms with Gasteiger partial charge in [-0.1, -0.05) is 6.07 Å². The molecule has 8 nitrogen and oxygen atoms in total. The first-order valence-electron chi connectivity index (χ1n) is 10.6. The molecule has 29 heavy (non-hydrogen) atoms. The smallest absolute Gasteiger partial charge is 0.407 e. The molecule has 0 bridgehead atoms. The van der Waals surface area contributed by atoms with E-state index in [4.69, 9.17) is 4.74 Å². The Hall–Kier alpha value is -2.19. The highest BCUT2D eigenvalue weighted by atomic mass is 16.6. The van der Waals surface area contributed by atoms with E-state index in [0.29, 0.717) is 5.92 Å². The van der Waals surface area contributed by atoms with Crippen molar-refractivity contribution in [3.8, 4) is 0 Å². The molecule has 2 unspecified atom stereocenters. The van der Waals surface area contributed by atoms with Crippen LogP contribution in [-0.2, 0) is 16.0 Å². The summed E-state index contributed by atoms with van der Waals surface area (Å²) in [6, 6.07) is 4.11. The van der Waals surface area contributed by atoms with Crippen molar-refractivity contribution in [2.45, 2.75) is 82.6 Å². The van der Waals surface area contributed by atoms with Crippen molar-refractivity contribution < 1.29 is 14.3 Å². The van der Waals surface area contributed by atoms with Gasteiger partial charge in [0.2, 0.25) is 5.91 Å². The van der Waals surface area contributed by atoms with E-state index in [9.17, 15) is 9.59 Å². The van der Waals surface area contributed by atoms with Gasteiger partial charge in [0.05, 0.1) is 12.6 Å². The van der Waals surface area contributed by atoms with Crippen LogP contribution in [0, 0.1) is 12.8 Å². The van der Waals surface area contributed by atoms with Crippen LogP contribution in [0.15, 0.2) is 18.3 Å². The molecular weight excluding hydrogens is 370 g/mol. The Labute approximate surface area is 171 Å². The number of aromatic nitrogens is 1. The number of ether oxygens (including phenoxy) is 1. The van der Waals surface area contributed by atoms with Gasteiger partial charge in [0.1, 0.15) is 6.10 Å². The lowest BCUT2D eigenvalue weighted by Crippen LogP contribution is -2.45. The molecule has 2 heterocycles. The lowest BCUT2D eigenvalue weighted by Gasteiger charge is -2.19. The third-order valence-corrected chi connectivity index (χ3v) is 6.25. The fraction of sp³-hybridized carbons (Fsp3) is 0.667. The number of alkyl carbamates (subject to hydrolysis) is 1. The summed E-state index contributed by atoms with van der Waals surface area (Å²) in [6.07, 6.45) is 7.27. The van der Waals surface area contributed by atoms with Gasteiger partial charge in [-0.15, -0.1) is 0 Å². The zero-order chi connectivity index (χ0) is 20.4. The van der Waals surface area contributed by atoms with Crippen molar-refractivity contribution in [1.29, 1.82) is 0 Å². The van der Waals surface area contributed by atoms with Gasteiger partial charge in [-0.2, -0.15) is 0 Å². The number of hydrogen-bond donors (Lipinski definition) is 4. The Bertz CT molecular complexity index is 749. The van der Waals surface area contributed by atoms with Crippen molar-refractivity contribution in [2.24, 2.45) is 5.92 Å². The number of nitrogens with one attached hydrogen (secondary N) is 4. The van der Waals surface area contributed by atoms with Crippen LogP contribution in [0.25, 0.3) is 0 Å². The van der Waals surface area contributed by atoms with Crippen LogP contribution in [0.4, 0.5) is 4.79 Å². The number of hydrazine groups is 1. The van der Waals surface area contributed by atoms with Gasteiger partial charge in [-0.3, -0.25) is 15.2 Å². The first-order valence-corrected chi connectivity index (χ1v) is 10.6. The summed E-state index contributed by atoms with van der Waals surface area (Å²) < 4.78 is 5.61. The number of amides is 2. The monoisotopic (exact) mass is 401 g/mol. The van der Waals surface area contributed by atoms with Gasteiger partial charge < -0.3 is 15.4 Å². The van der Waals surface area contributed by atoms with Crippen LogP contribution in [0.3, 0.4) is 0 Å². The van der Waals surface area contributed by atoms with E-state index in [-0.39, 0.29) is 42.3 Å². The van der Waals surface area contributed by atoms with E-state index in [1.807, 2.05) is 26.0 Å². The van der Waals surface area contributed by atoms with Crippen molar-refractivity contribution in [1.82, 2.24) is 26.5 Å². The first kappa shape index (κ1) is 20.1. The van der Waals surface area contributed by atoms with Gasteiger partial charge in [-0.25, -0.2) is 10.2 Å². The van der Waals surface area contributed by atoms with Crippen molar-refractivity contribution in [2.75, 3.05) is 0 Å². The predicted octanol–water partition coefficient (Wildman–Crippen LogP) is 1.69. The molecule has 0 radical (unpaired) electrons. The minimum absolute atomic E-state index is 0.0228. The topological polar surface area (TPSA) is 104 Å². The number of rotatable bonds is 6. The standard InChI is InChI=1S/C21H31N5O3/c1-13-3-5-15(22-12-13)10-19(27)23-18-11-17(25-26-18)14-4-6-16(9-14)29-20(28)24-21(2)7-8-21/h3,5,12,14,16-18,25-26H,4,6-11H2,1-2H3,(H,23,27)(H,24,28)/t14-,16+,17?,18?/m0/s1. The van der Waals surface area contributed by atoms with Crippen LogP contribution in [0.1, 0.15) is 56.7 Å². The molecule has 2 aliphatic carbocycles. The highest BCUT2D eigenvalue weighted by Crippen LogP contribution is 2.36. The summed E-state index contributed by atoms with van der Waals surface area (Å²) in [5.74, 6) is 0.386. The third kappa shape index (κ3) is 5.45. The Morgan fingerprint density at radius 2 is 2.07 bits per heavy atom. The lowest BCUT2D eigenvalue weighted by molar-refractivity contribution is -0.121. The van der Waals surface area contributed by atoms with E-state index < -0.39 is 0 Å². The number of carbonyl (C=O) groups is 2. The molecule has 0 aromatic carbocycles. The fourth-order valence-electron chi connectivity index (χ4n) is 4.18. The van der Waals surface area contributed by atoms with E-state index in [1.165, 1.54) is 0 Å². The van der Waals surface area contributed by atoms with Crippen molar-refractivity contribution >= 4 is 12.0 Å². The largest absolute Gasteiger partial charge is 0.446 e. The zero-order valence-electron chi connectivity index (χ0n) is 17.2. The molecule has 2 saturated carbocycles. The second-order valence-electron chi connectivity index (χ2n) is 9.04. The minimum atomic E-state index is -0.289. The van der Waals surface area contributed by atoms with E-state index in [2.05, 4.69) is 26.5 Å². The molecule has 8 heteroatoms. The summed E-state index contributed by atoms with van der Waals surface area (Å²) >= 11 is 0. The SMILES string of the molecule is Cc1ccc(CC(=O)NC2CC([C@H]3CC[C@@H](OC(=O)NC4(C)CC4)C3)NN2)nc1. The van der Waals surface area contributed by atoms with Gasteiger partial charge in [0.25, 0.3) is 0 Å². The molecule has 4 rings (SSSR count). The number of aryl methyl sites for hydroxylation is 1. The molecule has 2 amide bonds. The zero-order valence-corrected chi connectivity index (χ0v) is 17.2. The fourth-order valence-corrected chi connectivity index (χ4v) is 4.18. The minimum Gasteiger partial charge on any atom is -0.446 e. The third-order valence-electron chi connectivity index (χ3n) is 6.25. The second-order valence-corrected chi connectivity index (χ2v) is 9.04. The predicted molar refractivity (Wildman–Crippen MR) is 108 cm³/mol. The van der Waals surface area contributed by atoms with Crippen molar-refractivity contribution in [3.63, 3.8) is 0 Å². The Kier molecular flexibility index (Phi) is 5.74. The van der Waals surface area contributed by atoms with E-state index in [0.717, 1.165) is 49.8 Å². The molecule has 4 N–H and O–H groups in total. The maximum atomic E-state index is 12.3. The van der Waals surface area contributed by atoms with Crippen LogP contribution in [0.2, 0.25) is 0 Å². The average Bonchev–Trinajstić information content (AvgIpc) is 3.06. The van der Waals surface area contributed by atoms with Crippen LogP contribution in [0.5, 0.6) is 0 Å². The molecule has 1 aliphatic heterocycles. The first-order chi connectivity index (χ1) is 13.9. The lowest BCUT2D eigenvalue weighted by atomic mass is 9.96. The molecule has 1 saturated heterocycles. The summed E-state index contributed by atoms with van der Waals surface area (Å²) in [6.45, 7) is 4.02. The maximum Gasteiger partial charge on any atom is 0.407 e. The summed E-state index contributed by atoms with van der Waals surface area (Å²) in [4.78, 5) is 28.6. The van der Waals surface area contributed by atoms with Crippen molar-refractivity contribution in [3.05, 3.63) is 29.6 Å². The summed E-state index contributed by atoms with van der Waals surface area (Å²) in [5, 5.41) is 5.97. The Morgan fingerprint density at radius 1 is 1.24 bits per heavy atom. The molecule has 3 aliphatic rings. The number of nitrogens with zero attached hydrogens (tertiary/aromatic N) is 1. The van der Waals surface area contributed by atoms with Gasteiger partial charge >= 0.3 is 6.09 Å². The molecular formula is C21H31N5O3. The van der Waals surface area contributed by atoms with Crippen LogP contribution >= 0.6 is 0 Å². The maximum absolute atomic E-state index is 12.3. The number of pyridine rings is 1. The number of hydrogen-bond acceptors (Lipinski definition) is 6. The highest BCUT2D eigenvalue weighted by Gasteiger charge is 2.41. The Balaban J connectivity index is 1.18. The van der Waals surface area contributed by atoms with E-state index in [1.54, 1.807) is 6.20 Å². The van der Waals surface area contributed by atoms with Crippen LogP contribution < -0.4 is 21.5 Å². The highest BCUT2D eigenvalue weighted by molar-refractivity contribution is 5.78. The molecule has 1 aromatic rings. The molecule has 3 fully saturated rings. The second kappa shape index (κ2) is 8.28. The van der Waals surface area contributed by atoms with Gasteiger partial charge in [0, 0.05) is 23.5 Å². The summed E-state index contributed by atoms with van der Waals surface area (Å²) in [5.41, 5.74) is 8.29. The Morgan fingerprint density at radius 3 is 2.79 bits per heavy atom. The molecule has 4 atom stereocenters. The quantitative estimate of drug-likeness (QED) is 0.578. The molecule has 1 aromatic heterocycles. The van der Waals surface area contributed by atoms with Gasteiger partial charge in [0.15, 0.2) is 0 Å².